The Bertz CT molecular complexity index is 103. The van der Waals surface area contributed by atoms with Gasteiger partial charge in [0.15, 0.2) is 0 Å². The van der Waals surface area contributed by atoms with Crippen LogP contribution < -0.4 is 5.73 Å². The molecule has 0 aliphatic heterocycles. The summed E-state index contributed by atoms with van der Waals surface area (Å²) in [6.07, 6.45) is 2.63. The van der Waals surface area contributed by atoms with Gasteiger partial charge in [0.2, 0.25) is 0 Å². The van der Waals surface area contributed by atoms with Crippen molar-refractivity contribution in [1.29, 1.82) is 0 Å². The van der Waals surface area contributed by atoms with Crippen LogP contribution in [0.4, 0.5) is 0 Å². The molecule has 46 valence electrons. The van der Waals surface area contributed by atoms with E-state index in [1.165, 1.54) is 12.8 Å². The van der Waals surface area contributed by atoms with Gasteiger partial charge in [-0.2, -0.15) is 0 Å². The molecular formula is C7H13N. The lowest BCUT2D eigenvalue weighted by atomic mass is 10.1. The van der Waals surface area contributed by atoms with Crippen LogP contribution in [0.25, 0.3) is 0 Å². The van der Waals surface area contributed by atoms with Crippen molar-refractivity contribution in [3.8, 4) is 0 Å². The standard InChI is InChI=1S/C7H13N/c1-5(2)7(8)6-3-4-6/h6-7H,1,3-4,8H2,2H3. The first-order valence-electron chi connectivity index (χ1n) is 3.13. The SMILES string of the molecule is C=C(C)C(N)C1CC1. The van der Waals surface area contributed by atoms with Gasteiger partial charge in [0.05, 0.1) is 0 Å². The molecule has 0 aromatic rings. The zero-order chi connectivity index (χ0) is 6.15. The summed E-state index contributed by atoms with van der Waals surface area (Å²) in [5.74, 6) is 0.771. The van der Waals surface area contributed by atoms with Gasteiger partial charge < -0.3 is 5.73 Å². The number of hydrogen-bond donors (Lipinski definition) is 1. The first-order valence-corrected chi connectivity index (χ1v) is 3.13. The monoisotopic (exact) mass is 111 g/mol. The molecule has 1 nitrogen and oxygen atoms in total. The van der Waals surface area contributed by atoms with Crippen LogP contribution in [0, 0.1) is 5.92 Å². The summed E-state index contributed by atoms with van der Waals surface area (Å²) in [6, 6.07) is 0.287. The topological polar surface area (TPSA) is 26.0 Å². The van der Waals surface area contributed by atoms with Crippen molar-refractivity contribution in [2.24, 2.45) is 11.7 Å². The van der Waals surface area contributed by atoms with E-state index >= 15 is 0 Å². The van der Waals surface area contributed by atoms with Crippen molar-refractivity contribution >= 4 is 0 Å². The van der Waals surface area contributed by atoms with E-state index in [9.17, 15) is 0 Å². The molecule has 1 atom stereocenters. The van der Waals surface area contributed by atoms with E-state index in [0.717, 1.165) is 11.5 Å². The molecule has 1 heteroatoms. The van der Waals surface area contributed by atoms with Crippen molar-refractivity contribution in [3.05, 3.63) is 12.2 Å². The number of rotatable bonds is 2. The maximum absolute atomic E-state index is 5.72. The second kappa shape index (κ2) is 1.90. The van der Waals surface area contributed by atoms with Crippen LogP contribution in [0.1, 0.15) is 19.8 Å². The van der Waals surface area contributed by atoms with Gasteiger partial charge in [-0.05, 0) is 25.7 Å². The van der Waals surface area contributed by atoms with Crippen molar-refractivity contribution in [1.82, 2.24) is 0 Å². The van der Waals surface area contributed by atoms with E-state index in [4.69, 9.17) is 5.73 Å². The highest BCUT2D eigenvalue weighted by Crippen LogP contribution is 2.33. The summed E-state index contributed by atoms with van der Waals surface area (Å²) in [6.45, 7) is 5.79. The third kappa shape index (κ3) is 1.10. The average molecular weight is 111 g/mol. The molecule has 1 aliphatic rings. The highest BCUT2D eigenvalue weighted by atomic mass is 14.7. The molecule has 0 heterocycles. The summed E-state index contributed by atoms with van der Waals surface area (Å²) in [5.41, 5.74) is 6.85. The molecule has 2 N–H and O–H groups in total. The number of nitrogens with two attached hydrogens (primary N) is 1. The Morgan fingerprint density at radius 3 is 2.38 bits per heavy atom. The van der Waals surface area contributed by atoms with Crippen molar-refractivity contribution < 1.29 is 0 Å². The van der Waals surface area contributed by atoms with E-state index < -0.39 is 0 Å². The Hall–Kier alpha value is -0.300. The predicted molar refractivity (Wildman–Crippen MR) is 35.5 cm³/mol. The lowest BCUT2D eigenvalue weighted by Crippen LogP contribution is -2.22. The molecule has 0 aromatic carbocycles. The van der Waals surface area contributed by atoms with E-state index in [1.54, 1.807) is 0 Å². The largest absolute Gasteiger partial charge is 0.324 e. The molecule has 0 radical (unpaired) electrons. The minimum absolute atomic E-state index is 0.287. The van der Waals surface area contributed by atoms with Gasteiger partial charge in [-0.1, -0.05) is 12.2 Å². The fourth-order valence-electron chi connectivity index (χ4n) is 0.858. The fourth-order valence-corrected chi connectivity index (χ4v) is 0.858. The molecule has 0 bridgehead atoms. The lowest BCUT2D eigenvalue weighted by Gasteiger charge is -2.07. The third-order valence-electron chi connectivity index (χ3n) is 1.70. The van der Waals surface area contributed by atoms with Crippen LogP contribution in [-0.2, 0) is 0 Å². The van der Waals surface area contributed by atoms with E-state index in [2.05, 4.69) is 6.58 Å². The predicted octanol–water partition coefficient (Wildman–Crippen LogP) is 1.30. The summed E-state index contributed by atoms with van der Waals surface area (Å²) in [7, 11) is 0. The first-order chi connectivity index (χ1) is 3.72. The van der Waals surface area contributed by atoms with Gasteiger partial charge in [-0.15, -0.1) is 0 Å². The molecule has 0 amide bonds. The normalized spacial score (nSPS) is 22.8. The Balaban J connectivity index is 2.32. The van der Waals surface area contributed by atoms with E-state index in [1.807, 2.05) is 6.92 Å². The molecule has 8 heavy (non-hydrogen) atoms. The van der Waals surface area contributed by atoms with Gasteiger partial charge in [0.25, 0.3) is 0 Å². The van der Waals surface area contributed by atoms with Crippen LogP contribution in [-0.4, -0.2) is 6.04 Å². The van der Waals surface area contributed by atoms with Gasteiger partial charge >= 0.3 is 0 Å². The minimum Gasteiger partial charge on any atom is -0.324 e. The highest BCUT2D eigenvalue weighted by Gasteiger charge is 2.28. The molecular weight excluding hydrogens is 98.1 g/mol. The van der Waals surface area contributed by atoms with Crippen LogP contribution in [0.5, 0.6) is 0 Å². The van der Waals surface area contributed by atoms with Crippen molar-refractivity contribution in [2.45, 2.75) is 25.8 Å². The van der Waals surface area contributed by atoms with Crippen LogP contribution in [0.2, 0.25) is 0 Å². The molecule has 1 aliphatic carbocycles. The van der Waals surface area contributed by atoms with Gasteiger partial charge in [0.1, 0.15) is 0 Å². The maximum atomic E-state index is 5.72. The Labute approximate surface area is 50.6 Å². The summed E-state index contributed by atoms with van der Waals surface area (Å²) in [5, 5.41) is 0. The smallest absolute Gasteiger partial charge is 0.0276 e. The average Bonchev–Trinajstić information content (AvgIpc) is 2.43. The molecule has 1 rings (SSSR count). The highest BCUT2D eigenvalue weighted by molar-refractivity contribution is 5.06. The van der Waals surface area contributed by atoms with Crippen LogP contribution in [0.3, 0.4) is 0 Å². The van der Waals surface area contributed by atoms with Crippen LogP contribution in [0.15, 0.2) is 12.2 Å². The fraction of sp³-hybridized carbons (Fsp3) is 0.714. The van der Waals surface area contributed by atoms with Crippen molar-refractivity contribution in [3.63, 3.8) is 0 Å². The summed E-state index contributed by atoms with van der Waals surface area (Å²) in [4.78, 5) is 0. The molecule has 0 aromatic heterocycles. The van der Waals surface area contributed by atoms with Crippen LogP contribution >= 0.6 is 0 Å². The number of hydrogen-bond acceptors (Lipinski definition) is 1. The molecule has 1 saturated carbocycles. The van der Waals surface area contributed by atoms with Gasteiger partial charge in [-0.3, -0.25) is 0 Å². The molecule has 1 fully saturated rings. The Morgan fingerprint density at radius 2 is 2.25 bits per heavy atom. The third-order valence-corrected chi connectivity index (χ3v) is 1.70. The summed E-state index contributed by atoms with van der Waals surface area (Å²) < 4.78 is 0. The molecule has 1 unspecified atom stereocenters. The quantitative estimate of drug-likeness (QED) is 0.534. The first kappa shape index (κ1) is 5.83. The summed E-state index contributed by atoms with van der Waals surface area (Å²) >= 11 is 0. The zero-order valence-electron chi connectivity index (χ0n) is 5.35. The van der Waals surface area contributed by atoms with E-state index in [-0.39, 0.29) is 6.04 Å². The maximum Gasteiger partial charge on any atom is 0.0276 e. The second-order valence-electron chi connectivity index (χ2n) is 2.71. The second-order valence-corrected chi connectivity index (χ2v) is 2.71. The Kier molecular flexibility index (Phi) is 1.39. The lowest BCUT2D eigenvalue weighted by molar-refractivity contribution is 0.676. The van der Waals surface area contributed by atoms with Gasteiger partial charge in [0, 0.05) is 6.04 Å². The molecule has 0 saturated heterocycles. The zero-order valence-corrected chi connectivity index (χ0v) is 5.35. The Morgan fingerprint density at radius 1 is 1.75 bits per heavy atom. The van der Waals surface area contributed by atoms with E-state index in [0.29, 0.717) is 0 Å². The molecule has 0 spiro atoms. The van der Waals surface area contributed by atoms with Crippen molar-refractivity contribution in [2.75, 3.05) is 0 Å². The van der Waals surface area contributed by atoms with Gasteiger partial charge in [-0.25, -0.2) is 0 Å². The minimum atomic E-state index is 0.287.